The SMILES string of the molecule is CCOc1ccc(S(=O)(=O)N(C)Cc2ccc(Cl)cc2)cc1-c1nc(C(C)C)no1. The summed E-state index contributed by atoms with van der Waals surface area (Å²) in [4.78, 5) is 4.50. The first-order valence-electron chi connectivity index (χ1n) is 9.54. The van der Waals surface area contributed by atoms with Crippen molar-refractivity contribution in [3.05, 3.63) is 58.9 Å². The summed E-state index contributed by atoms with van der Waals surface area (Å²) in [5.41, 5.74) is 1.27. The van der Waals surface area contributed by atoms with Gasteiger partial charge in [0.2, 0.25) is 10.0 Å². The van der Waals surface area contributed by atoms with Crippen LogP contribution in [0, 0.1) is 0 Å². The Morgan fingerprint density at radius 3 is 2.47 bits per heavy atom. The first-order chi connectivity index (χ1) is 14.2. The van der Waals surface area contributed by atoms with Gasteiger partial charge in [-0.1, -0.05) is 42.7 Å². The van der Waals surface area contributed by atoms with Crippen molar-refractivity contribution in [1.82, 2.24) is 14.4 Å². The van der Waals surface area contributed by atoms with Crippen LogP contribution >= 0.6 is 11.6 Å². The zero-order chi connectivity index (χ0) is 21.9. The monoisotopic (exact) mass is 449 g/mol. The molecule has 0 fully saturated rings. The van der Waals surface area contributed by atoms with Crippen LogP contribution in [0.5, 0.6) is 5.75 Å². The van der Waals surface area contributed by atoms with E-state index in [0.29, 0.717) is 28.8 Å². The van der Waals surface area contributed by atoms with Gasteiger partial charge >= 0.3 is 0 Å². The Bertz CT molecular complexity index is 1110. The van der Waals surface area contributed by atoms with Crippen LogP contribution in [0.1, 0.15) is 38.1 Å². The molecule has 2 aromatic carbocycles. The summed E-state index contributed by atoms with van der Waals surface area (Å²) in [7, 11) is -2.23. The number of hydrogen-bond donors (Lipinski definition) is 0. The van der Waals surface area contributed by atoms with E-state index in [1.54, 1.807) is 30.3 Å². The Kier molecular flexibility index (Phi) is 6.80. The van der Waals surface area contributed by atoms with Crippen molar-refractivity contribution >= 4 is 21.6 Å². The van der Waals surface area contributed by atoms with E-state index in [1.807, 2.05) is 20.8 Å². The van der Waals surface area contributed by atoms with E-state index in [-0.39, 0.29) is 23.2 Å². The summed E-state index contributed by atoms with van der Waals surface area (Å²) in [6.07, 6.45) is 0. The van der Waals surface area contributed by atoms with Crippen LogP contribution in [0.4, 0.5) is 0 Å². The second-order valence-corrected chi connectivity index (χ2v) is 9.57. The number of aromatic nitrogens is 2. The van der Waals surface area contributed by atoms with Crippen molar-refractivity contribution in [3.63, 3.8) is 0 Å². The molecule has 3 rings (SSSR count). The third-order valence-electron chi connectivity index (χ3n) is 4.47. The Morgan fingerprint density at radius 2 is 1.87 bits per heavy atom. The predicted molar refractivity (Wildman–Crippen MR) is 115 cm³/mol. The maximum Gasteiger partial charge on any atom is 0.261 e. The molecule has 0 radical (unpaired) electrons. The standard InChI is InChI=1S/C21H24ClN3O4S/c1-5-28-19-11-10-17(12-18(19)21-23-20(14(2)3)24-29-21)30(26,27)25(4)13-15-6-8-16(22)9-7-15/h6-12,14H,5,13H2,1-4H3. The molecule has 0 N–H and O–H groups in total. The Labute approximate surface area is 181 Å². The van der Waals surface area contributed by atoms with Crippen LogP contribution in [-0.2, 0) is 16.6 Å². The molecule has 9 heteroatoms. The lowest BCUT2D eigenvalue weighted by atomic mass is 10.2. The fourth-order valence-electron chi connectivity index (χ4n) is 2.81. The molecular weight excluding hydrogens is 426 g/mol. The van der Waals surface area contributed by atoms with E-state index in [9.17, 15) is 8.42 Å². The van der Waals surface area contributed by atoms with Gasteiger partial charge in [-0.05, 0) is 42.8 Å². The maximum atomic E-state index is 13.2. The molecule has 0 bridgehead atoms. The van der Waals surface area contributed by atoms with E-state index in [0.717, 1.165) is 5.56 Å². The van der Waals surface area contributed by atoms with Gasteiger partial charge in [0, 0.05) is 24.5 Å². The topological polar surface area (TPSA) is 85.5 Å². The summed E-state index contributed by atoms with van der Waals surface area (Å²) in [6, 6.07) is 11.7. The third-order valence-corrected chi connectivity index (χ3v) is 6.52. The van der Waals surface area contributed by atoms with E-state index in [1.165, 1.54) is 23.5 Å². The van der Waals surface area contributed by atoms with E-state index in [4.69, 9.17) is 20.9 Å². The molecule has 160 valence electrons. The minimum Gasteiger partial charge on any atom is -0.493 e. The number of rotatable bonds is 8. The van der Waals surface area contributed by atoms with Gasteiger partial charge < -0.3 is 9.26 Å². The largest absolute Gasteiger partial charge is 0.493 e. The molecule has 0 aliphatic carbocycles. The smallest absolute Gasteiger partial charge is 0.261 e. The predicted octanol–water partition coefficient (Wildman–Crippen LogP) is 4.73. The lowest BCUT2D eigenvalue weighted by Crippen LogP contribution is -2.26. The molecule has 0 saturated carbocycles. The molecule has 0 amide bonds. The quantitative estimate of drug-likeness (QED) is 0.494. The van der Waals surface area contributed by atoms with E-state index >= 15 is 0 Å². The first kappa shape index (κ1) is 22.3. The van der Waals surface area contributed by atoms with Crippen molar-refractivity contribution in [3.8, 4) is 17.2 Å². The van der Waals surface area contributed by atoms with Crippen molar-refractivity contribution in [2.45, 2.75) is 38.1 Å². The molecule has 3 aromatic rings. The summed E-state index contributed by atoms with van der Waals surface area (Å²) in [5.74, 6) is 1.33. The number of sulfonamides is 1. The second kappa shape index (κ2) is 9.16. The van der Waals surface area contributed by atoms with Gasteiger partial charge in [0.05, 0.1) is 17.1 Å². The Morgan fingerprint density at radius 1 is 1.17 bits per heavy atom. The van der Waals surface area contributed by atoms with Gasteiger partial charge in [-0.25, -0.2) is 8.42 Å². The highest BCUT2D eigenvalue weighted by Crippen LogP contribution is 2.33. The highest BCUT2D eigenvalue weighted by molar-refractivity contribution is 7.89. The van der Waals surface area contributed by atoms with Crippen LogP contribution < -0.4 is 4.74 Å². The molecule has 30 heavy (non-hydrogen) atoms. The van der Waals surface area contributed by atoms with Crippen LogP contribution in [0.2, 0.25) is 5.02 Å². The van der Waals surface area contributed by atoms with Crippen molar-refractivity contribution < 1.29 is 17.7 Å². The zero-order valence-electron chi connectivity index (χ0n) is 17.3. The normalized spacial score (nSPS) is 12.0. The van der Waals surface area contributed by atoms with Crippen LogP contribution in [-0.4, -0.2) is 36.5 Å². The number of nitrogens with zero attached hydrogens (tertiary/aromatic N) is 3. The summed E-state index contributed by atoms with van der Waals surface area (Å²) >= 11 is 5.91. The minimum atomic E-state index is -3.76. The lowest BCUT2D eigenvalue weighted by molar-refractivity contribution is 0.338. The second-order valence-electron chi connectivity index (χ2n) is 7.09. The number of halogens is 1. The van der Waals surface area contributed by atoms with Gasteiger partial charge in [0.25, 0.3) is 5.89 Å². The molecule has 1 aromatic heterocycles. The van der Waals surface area contributed by atoms with Gasteiger partial charge in [-0.15, -0.1) is 0 Å². The zero-order valence-corrected chi connectivity index (χ0v) is 18.9. The average Bonchev–Trinajstić information content (AvgIpc) is 3.20. The Hall–Kier alpha value is -2.42. The molecule has 0 spiro atoms. The minimum absolute atomic E-state index is 0.0791. The summed E-state index contributed by atoms with van der Waals surface area (Å²) in [5, 5.41) is 4.57. The molecule has 0 unspecified atom stereocenters. The molecule has 1 heterocycles. The van der Waals surface area contributed by atoms with Gasteiger partial charge in [-0.3, -0.25) is 0 Å². The number of ether oxygens (including phenoxy) is 1. The van der Waals surface area contributed by atoms with Crippen molar-refractivity contribution in [1.29, 1.82) is 0 Å². The number of benzene rings is 2. The first-order valence-corrected chi connectivity index (χ1v) is 11.4. The number of hydrogen-bond acceptors (Lipinski definition) is 6. The summed E-state index contributed by atoms with van der Waals surface area (Å²) < 4.78 is 38.6. The van der Waals surface area contributed by atoms with E-state index < -0.39 is 10.0 Å². The van der Waals surface area contributed by atoms with Gasteiger partial charge in [-0.2, -0.15) is 9.29 Å². The molecule has 7 nitrogen and oxygen atoms in total. The molecule has 0 aliphatic rings. The van der Waals surface area contributed by atoms with E-state index in [2.05, 4.69) is 10.1 Å². The maximum absolute atomic E-state index is 13.2. The Balaban J connectivity index is 1.96. The van der Waals surface area contributed by atoms with Crippen molar-refractivity contribution in [2.24, 2.45) is 0 Å². The van der Waals surface area contributed by atoms with Crippen molar-refractivity contribution in [2.75, 3.05) is 13.7 Å². The van der Waals surface area contributed by atoms with Gasteiger partial charge in [0.15, 0.2) is 5.82 Å². The molecule has 0 aliphatic heterocycles. The molecular formula is C21H24ClN3O4S. The lowest BCUT2D eigenvalue weighted by Gasteiger charge is -2.18. The average molecular weight is 450 g/mol. The van der Waals surface area contributed by atoms with Crippen LogP contribution in [0.3, 0.4) is 0 Å². The molecule has 0 atom stereocenters. The fourth-order valence-corrected chi connectivity index (χ4v) is 4.12. The fraction of sp³-hybridized carbons (Fsp3) is 0.333. The van der Waals surface area contributed by atoms with Crippen LogP contribution in [0.15, 0.2) is 51.9 Å². The van der Waals surface area contributed by atoms with Crippen LogP contribution in [0.25, 0.3) is 11.5 Å². The highest BCUT2D eigenvalue weighted by Gasteiger charge is 2.24. The third kappa shape index (κ3) is 4.83. The summed E-state index contributed by atoms with van der Waals surface area (Å²) in [6.45, 7) is 6.37. The molecule has 0 saturated heterocycles. The van der Waals surface area contributed by atoms with Gasteiger partial charge in [0.1, 0.15) is 5.75 Å². The highest BCUT2D eigenvalue weighted by atomic mass is 35.5.